The zero-order chi connectivity index (χ0) is 29.7. The summed E-state index contributed by atoms with van der Waals surface area (Å²) in [6.45, 7) is 1.48. The van der Waals surface area contributed by atoms with Crippen molar-refractivity contribution >= 4 is 16.9 Å². The van der Waals surface area contributed by atoms with Crippen LogP contribution in [0.4, 0.5) is 0 Å². The van der Waals surface area contributed by atoms with Crippen molar-refractivity contribution in [3.63, 3.8) is 0 Å². The lowest BCUT2D eigenvalue weighted by molar-refractivity contribution is -0.0453. The molecular weight excluding hydrogens is 544 g/mol. The van der Waals surface area contributed by atoms with Crippen molar-refractivity contribution in [1.82, 2.24) is 9.88 Å². The number of rotatable bonds is 5. The second-order valence-electron chi connectivity index (χ2n) is 11.7. The lowest BCUT2D eigenvalue weighted by Crippen LogP contribution is -2.64. The van der Waals surface area contributed by atoms with Gasteiger partial charge in [-0.2, -0.15) is 0 Å². The highest BCUT2D eigenvalue weighted by Gasteiger charge is 2.64. The number of nitrogens with zero attached hydrogens (tertiary/aromatic N) is 2. The summed E-state index contributed by atoms with van der Waals surface area (Å²) in [4.78, 5) is 17.3. The van der Waals surface area contributed by atoms with Gasteiger partial charge >= 0.3 is 5.97 Å². The van der Waals surface area contributed by atoms with Gasteiger partial charge in [-0.25, -0.2) is 4.79 Å². The van der Waals surface area contributed by atoms with E-state index in [1.807, 2.05) is 30.3 Å². The molecule has 0 saturated carbocycles. The highest BCUT2D eigenvalue weighted by Crippen LogP contribution is 2.64. The van der Waals surface area contributed by atoms with E-state index in [4.69, 9.17) is 19.3 Å². The van der Waals surface area contributed by atoms with E-state index in [-0.39, 0.29) is 11.5 Å². The number of carboxylic acid groups (broad SMARTS) is 1. The number of carboxylic acids is 1. The Kier molecular flexibility index (Phi) is 6.83. The third-order valence-electron chi connectivity index (χ3n) is 9.53. The Morgan fingerprint density at radius 2 is 1.91 bits per heavy atom. The molecule has 2 bridgehead atoms. The minimum absolute atomic E-state index is 0.181. The van der Waals surface area contributed by atoms with Gasteiger partial charge in [0.05, 0.1) is 18.2 Å². The van der Waals surface area contributed by atoms with Gasteiger partial charge in [0.2, 0.25) is 5.75 Å². The fourth-order valence-corrected chi connectivity index (χ4v) is 7.60. The molecule has 1 saturated heterocycles. The molecule has 2 aliphatic heterocycles. The number of likely N-dealkylation sites (tertiary alicyclic amines) is 1. The van der Waals surface area contributed by atoms with Crippen molar-refractivity contribution in [3.8, 4) is 17.2 Å². The summed E-state index contributed by atoms with van der Waals surface area (Å²) >= 11 is 0. The number of piperidine rings is 1. The molecule has 0 amide bonds. The Bertz CT molecular complexity index is 1720. The third kappa shape index (κ3) is 4.36. The fourth-order valence-electron chi connectivity index (χ4n) is 7.60. The number of aliphatic hydroxyl groups excluding tert-OH is 1. The SMILES string of the molecule is COc1c(OCc2ccccc2)cc2c3c1O[C@H]1[C@@H](O)C=C[C@H]4[C@@H](C2)N(C)CC[C@]341.O=C(O)c1ccnc2ccccc12. The van der Waals surface area contributed by atoms with E-state index in [0.717, 1.165) is 30.7 Å². The van der Waals surface area contributed by atoms with E-state index < -0.39 is 12.1 Å². The van der Waals surface area contributed by atoms with E-state index in [1.165, 1.54) is 23.4 Å². The third-order valence-corrected chi connectivity index (χ3v) is 9.53. The van der Waals surface area contributed by atoms with Gasteiger partial charge in [0.25, 0.3) is 0 Å². The molecule has 3 heterocycles. The Morgan fingerprint density at radius 3 is 2.70 bits per heavy atom. The molecule has 1 fully saturated rings. The molecule has 3 aromatic carbocycles. The Balaban J connectivity index is 0.000000193. The largest absolute Gasteiger partial charge is 0.490 e. The van der Waals surface area contributed by atoms with Crippen molar-refractivity contribution in [2.75, 3.05) is 20.7 Å². The van der Waals surface area contributed by atoms with Crippen LogP contribution in [0, 0.1) is 5.92 Å². The monoisotopic (exact) mass is 578 g/mol. The normalized spacial score (nSPS) is 26.1. The molecular formula is C35H34N2O6. The van der Waals surface area contributed by atoms with Gasteiger partial charge in [0.1, 0.15) is 18.8 Å². The van der Waals surface area contributed by atoms with Crippen molar-refractivity contribution in [2.24, 2.45) is 5.92 Å². The topological polar surface area (TPSA) is 101 Å². The number of aliphatic hydroxyl groups is 1. The van der Waals surface area contributed by atoms with Crippen LogP contribution in [0.2, 0.25) is 0 Å². The summed E-state index contributed by atoms with van der Waals surface area (Å²) < 4.78 is 18.6. The van der Waals surface area contributed by atoms with E-state index in [1.54, 1.807) is 25.3 Å². The number of aromatic nitrogens is 1. The number of pyridine rings is 1. The van der Waals surface area contributed by atoms with E-state index in [0.29, 0.717) is 46.5 Å². The molecule has 8 rings (SSSR count). The molecule has 5 atom stereocenters. The molecule has 2 aliphatic carbocycles. The van der Waals surface area contributed by atoms with Crippen LogP contribution in [0.3, 0.4) is 0 Å². The van der Waals surface area contributed by atoms with Crippen molar-refractivity contribution in [1.29, 1.82) is 0 Å². The maximum Gasteiger partial charge on any atom is 0.336 e. The first kappa shape index (κ1) is 27.4. The highest BCUT2D eigenvalue weighted by molar-refractivity contribution is 6.02. The summed E-state index contributed by atoms with van der Waals surface area (Å²) in [5.74, 6) is 1.57. The number of benzene rings is 3. The number of hydrogen-bond acceptors (Lipinski definition) is 7. The quantitative estimate of drug-likeness (QED) is 0.319. The first-order chi connectivity index (χ1) is 20.9. The van der Waals surface area contributed by atoms with Crippen LogP contribution in [0.15, 0.2) is 85.1 Å². The molecule has 0 unspecified atom stereocenters. The van der Waals surface area contributed by atoms with Gasteiger partial charge in [0, 0.05) is 34.5 Å². The van der Waals surface area contributed by atoms with Gasteiger partial charge in [-0.15, -0.1) is 0 Å². The fraction of sp³-hybridized carbons (Fsp3) is 0.314. The van der Waals surface area contributed by atoms with E-state index in [2.05, 4.69) is 41.2 Å². The first-order valence-corrected chi connectivity index (χ1v) is 14.6. The second kappa shape index (κ2) is 10.7. The molecule has 4 aromatic rings. The lowest BCUT2D eigenvalue weighted by Gasteiger charge is -2.56. The molecule has 0 radical (unpaired) electrons. The summed E-state index contributed by atoms with van der Waals surface area (Å²) in [6.07, 6.45) is 6.71. The zero-order valence-electron chi connectivity index (χ0n) is 24.1. The highest BCUT2D eigenvalue weighted by atomic mass is 16.5. The van der Waals surface area contributed by atoms with Crippen molar-refractivity contribution < 1.29 is 29.2 Å². The molecule has 1 aromatic heterocycles. The lowest BCUT2D eigenvalue weighted by atomic mass is 9.53. The predicted octanol–water partition coefficient (Wildman–Crippen LogP) is 5.01. The Morgan fingerprint density at radius 1 is 1.12 bits per heavy atom. The second-order valence-corrected chi connectivity index (χ2v) is 11.7. The molecule has 8 nitrogen and oxygen atoms in total. The zero-order valence-corrected chi connectivity index (χ0v) is 24.1. The van der Waals surface area contributed by atoms with E-state index >= 15 is 0 Å². The van der Waals surface area contributed by atoms with Gasteiger partial charge in [-0.05, 0) is 55.8 Å². The minimum atomic E-state index is -0.918. The molecule has 43 heavy (non-hydrogen) atoms. The van der Waals surface area contributed by atoms with Crippen molar-refractivity contribution in [3.05, 3.63) is 107 Å². The summed E-state index contributed by atoms with van der Waals surface area (Å²) in [5.41, 5.74) is 4.45. The van der Waals surface area contributed by atoms with Gasteiger partial charge < -0.3 is 29.3 Å². The number of ether oxygens (including phenoxy) is 3. The number of methoxy groups -OCH3 is 1. The maximum absolute atomic E-state index is 10.8. The average Bonchev–Trinajstić information content (AvgIpc) is 3.38. The number of aromatic carboxylic acids is 1. The van der Waals surface area contributed by atoms with Gasteiger partial charge in [-0.1, -0.05) is 60.7 Å². The first-order valence-electron chi connectivity index (χ1n) is 14.6. The van der Waals surface area contributed by atoms with Gasteiger partial charge in [-0.3, -0.25) is 4.98 Å². The summed E-state index contributed by atoms with van der Waals surface area (Å²) in [5, 5.41) is 20.4. The Hall–Kier alpha value is -4.40. The van der Waals surface area contributed by atoms with Crippen LogP contribution in [-0.2, 0) is 18.4 Å². The standard InChI is InChI=1S/C25H27NO4.C10H7NO2/c1-26-11-10-25-17-8-9-19(27)24(25)30-23-21(25)16(12-18(17)26)13-20(22(23)28-2)29-14-15-6-4-3-5-7-15;12-10(13)8-5-6-11-9-4-2-1-3-7(8)9/h3-9,13,17-19,24,27H,10-12,14H2,1-2H3;1-6H,(H,12,13)/t17-,18+,19-,24-,25+;/m0./s1. The molecule has 2 N–H and O–H groups in total. The number of hydrogen-bond donors (Lipinski definition) is 2. The maximum atomic E-state index is 10.8. The van der Waals surface area contributed by atoms with E-state index in [9.17, 15) is 9.90 Å². The molecule has 1 spiro atoms. The smallest absolute Gasteiger partial charge is 0.336 e. The molecule has 220 valence electrons. The van der Waals surface area contributed by atoms with Crippen LogP contribution in [0.25, 0.3) is 10.9 Å². The number of para-hydroxylation sites is 1. The van der Waals surface area contributed by atoms with Crippen LogP contribution < -0.4 is 14.2 Å². The van der Waals surface area contributed by atoms with Gasteiger partial charge in [0.15, 0.2) is 11.5 Å². The van der Waals surface area contributed by atoms with Crippen molar-refractivity contribution in [2.45, 2.75) is 43.1 Å². The molecule has 8 heteroatoms. The number of carbonyl (C=O) groups is 1. The average molecular weight is 579 g/mol. The molecule has 4 aliphatic rings. The number of fused-ring (bicyclic) bond motifs is 1. The minimum Gasteiger partial charge on any atom is -0.490 e. The Labute approximate surface area is 250 Å². The van der Waals surface area contributed by atoms with Crippen LogP contribution in [0.1, 0.15) is 33.5 Å². The van der Waals surface area contributed by atoms with Crippen LogP contribution >= 0.6 is 0 Å². The van der Waals surface area contributed by atoms with Crippen LogP contribution in [0.5, 0.6) is 17.2 Å². The van der Waals surface area contributed by atoms with Crippen LogP contribution in [-0.4, -0.2) is 65.0 Å². The summed E-state index contributed by atoms with van der Waals surface area (Å²) in [7, 11) is 3.88. The number of likely N-dealkylation sites (N-methyl/N-ethyl adjacent to an activating group) is 1. The predicted molar refractivity (Wildman–Crippen MR) is 162 cm³/mol. The summed E-state index contributed by atoms with van der Waals surface area (Å²) in [6, 6.07) is 21.4.